The van der Waals surface area contributed by atoms with E-state index in [1.165, 1.54) is 167 Å². The lowest BCUT2D eigenvalue weighted by atomic mass is 10.1. The van der Waals surface area contributed by atoms with Gasteiger partial charge in [0.2, 0.25) is 0 Å². The molecule has 0 aliphatic carbocycles. The predicted octanol–water partition coefficient (Wildman–Crippen LogP) is 13.3. The van der Waals surface area contributed by atoms with Crippen molar-refractivity contribution < 1.29 is 32.7 Å². The summed E-state index contributed by atoms with van der Waals surface area (Å²) >= 11 is 0. The standard InChI is InChI=1S/C52H106N2O5/c1-8-10-12-14-16-18-20-22-24-26-28-30-32-34-36-38-42-58-51-52(50-54(6,7)41-45-56-47-49-57-48-46-55-44-40-53(3,4)5)59-43-39-37-35-33-31-29-27-25-23-21-19-17-15-13-11-9-2/h22-25,52H,8-21,26-51H2,1-7H3/q+2/b24-22-,25-23-. The van der Waals surface area contributed by atoms with Crippen molar-refractivity contribution in [1.29, 1.82) is 0 Å². The van der Waals surface area contributed by atoms with Crippen LogP contribution in [0.5, 0.6) is 0 Å². The first-order valence-corrected chi connectivity index (χ1v) is 25.5. The fourth-order valence-corrected chi connectivity index (χ4v) is 7.25. The van der Waals surface area contributed by atoms with E-state index in [2.05, 4.69) is 73.4 Å². The summed E-state index contributed by atoms with van der Waals surface area (Å²) in [6.07, 6.45) is 47.0. The quantitative estimate of drug-likeness (QED) is 0.0347. The van der Waals surface area contributed by atoms with Crippen molar-refractivity contribution in [3.05, 3.63) is 24.3 Å². The van der Waals surface area contributed by atoms with Gasteiger partial charge in [-0.05, 0) is 64.2 Å². The Balaban J connectivity index is 4.27. The van der Waals surface area contributed by atoms with Crippen LogP contribution in [0.4, 0.5) is 0 Å². The van der Waals surface area contributed by atoms with Crippen molar-refractivity contribution in [2.45, 2.75) is 200 Å². The van der Waals surface area contributed by atoms with Gasteiger partial charge in [0.05, 0.1) is 81.5 Å². The first-order chi connectivity index (χ1) is 28.7. The number of nitrogens with zero attached hydrogens (tertiary/aromatic N) is 2. The minimum absolute atomic E-state index is 0.114. The first-order valence-electron chi connectivity index (χ1n) is 25.5. The molecule has 352 valence electrons. The van der Waals surface area contributed by atoms with E-state index in [9.17, 15) is 0 Å². The van der Waals surface area contributed by atoms with E-state index < -0.39 is 0 Å². The van der Waals surface area contributed by atoms with Crippen molar-refractivity contribution in [3.63, 3.8) is 0 Å². The number of quaternary nitrogens is 2. The van der Waals surface area contributed by atoms with E-state index >= 15 is 0 Å². The monoisotopic (exact) mass is 839 g/mol. The van der Waals surface area contributed by atoms with Crippen molar-refractivity contribution in [2.24, 2.45) is 0 Å². The number of ether oxygens (including phenoxy) is 5. The lowest BCUT2D eigenvalue weighted by Gasteiger charge is -2.33. The number of hydrogen-bond acceptors (Lipinski definition) is 5. The van der Waals surface area contributed by atoms with Crippen molar-refractivity contribution >= 4 is 0 Å². The number of likely N-dealkylation sites (N-methyl/N-ethyl adjacent to an activating group) is 2. The summed E-state index contributed by atoms with van der Waals surface area (Å²) in [7, 11) is 11.1. The molecule has 1 atom stereocenters. The first kappa shape index (κ1) is 58.2. The largest absolute Gasteiger partial charge is 0.379 e. The van der Waals surface area contributed by atoms with E-state index in [0.29, 0.717) is 39.6 Å². The normalized spacial score (nSPS) is 13.1. The number of unbranched alkanes of at least 4 members (excludes halogenated alkanes) is 24. The molecule has 0 aliphatic rings. The molecule has 0 heterocycles. The molecule has 1 unspecified atom stereocenters. The lowest BCUT2D eigenvalue weighted by molar-refractivity contribution is -0.894. The fraction of sp³-hybridized carbons (Fsp3) is 0.923. The summed E-state index contributed by atoms with van der Waals surface area (Å²) in [6, 6.07) is 0. The van der Waals surface area contributed by atoms with Crippen LogP contribution < -0.4 is 0 Å². The third-order valence-corrected chi connectivity index (χ3v) is 11.3. The molecule has 0 aromatic heterocycles. The summed E-state index contributed by atoms with van der Waals surface area (Å²) < 4.78 is 31.9. The van der Waals surface area contributed by atoms with Crippen LogP contribution in [0.3, 0.4) is 0 Å². The lowest BCUT2D eigenvalue weighted by Crippen LogP contribution is -2.49. The zero-order chi connectivity index (χ0) is 43.2. The Morgan fingerprint density at radius 3 is 1.14 bits per heavy atom. The van der Waals surface area contributed by atoms with Gasteiger partial charge in [-0.15, -0.1) is 0 Å². The minimum atomic E-state index is 0.114. The summed E-state index contributed by atoms with van der Waals surface area (Å²) in [4.78, 5) is 0. The zero-order valence-corrected chi connectivity index (χ0v) is 41.1. The Morgan fingerprint density at radius 2 is 0.712 bits per heavy atom. The average molecular weight is 839 g/mol. The zero-order valence-electron chi connectivity index (χ0n) is 41.1. The fourth-order valence-electron chi connectivity index (χ4n) is 7.25. The molecule has 0 fully saturated rings. The Hall–Kier alpha value is -0.800. The summed E-state index contributed by atoms with van der Waals surface area (Å²) in [5.74, 6) is 0. The highest BCUT2D eigenvalue weighted by Crippen LogP contribution is 2.13. The second kappa shape index (κ2) is 45.2. The van der Waals surface area contributed by atoms with E-state index in [-0.39, 0.29) is 6.10 Å². The molecule has 0 aliphatic heterocycles. The molecule has 0 bridgehead atoms. The van der Waals surface area contributed by atoms with Crippen LogP contribution in [-0.4, -0.2) is 129 Å². The Morgan fingerprint density at radius 1 is 0.356 bits per heavy atom. The maximum absolute atomic E-state index is 6.52. The van der Waals surface area contributed by atoms with Gasteiger partial charge in [0.25, 0.3) is 0 Å². The number of allylic oxidation sites excluding steroid dienone is 4. The highest BCUT2D eigenvalue weighted by molar-refractivity contribution is 4.82. The summed E-state index contributed by atoms with van der Waals surface area (Å²) in [5, 5.41) is 0. The smallest absolute Gasteiger partial charge is 0.130 e. The highest BCUT2D eigenvalue weighted by atomic mass is 16.5. The molecule has 0 N–H and O–H groups in total. The third-order valence-electron chi connectivity index (χ3n) is 11.3. The van der Waals surface area contributed by atoms with E-state index in [1.54, 1.807) is 0 Å². The molecule has 0 aromatic carbocycles. The molecule has 0 amide bonds. The Kier molecular flexibility index (Phi) is 44.6. The SMILES string of the molecule is CCCCCCCC/C=C\CCCCCCCCOCC(C[N+](C)(C)CCOCCOCCOCC[N+](C)(C)C)OCCCCCCCC/C=C\CCCCCCCC. The Bertz CT molecular complexity index is 874. The Labute approximate surface area is 369 Å². The van der Waals surface area contributed by atoms with Gasteiger partial charge >= 0.3 is 0 Å². The maximum Gasteiger partial charge on any atom is 0.130 e. The average Bonchev–Trinajstić information content (AvgIpc) is 3.20. The van der Waals surface area contributed by atoms with Crippen LogP contribution in [0.2, 0.25) is 0 Å². The minimum Gasteiger partial charge on any atom is -0.379 e. The van der Waals surface area contributed by atoms with Gasteiger partial charge in [0.15, 0.2) is 0 Å². The second-order valence-electron chi connectivity index (χ2n) is 19.1. The van der Waals surface area contributed by atoms with Gasteiger partial charge in [-0.1, -0.05) is 154 Å². The molecular weight excluding hydrogens is 733 g/mol. The van der Waals surface area contributed by atoms with Gasteiger partial charge < -0.3 is 32.7 Å². The van der Waals surface area contributed by atoms with E-state index in [4.69, 9.17) is 23.7 Å². The summed E-state index contributed by atoms with van der Waals surface area (Å²) in [5.41, 5.74) is 0. The van der Waals surface area contributed by atoms with E-state index in [1.807, 2.05) is 0 Å². The predicted molar refractivity (Wildman–Crippen MR) is 257 cm³/mol. The van der Waals surface area contributed by atoms with Crippen molar-refractivity contribution in [3.8, 4) is 0 Å². The van der Waals surface area contributed by atoms with Gasteiger partial charge in [-0.25, -0.2) is 0 Å². The van der Waals surface area contributed by atoms with Gasteiger partial charge in [0.1, 0.15) is 25.7 Å². The van der Waals surface area contributed by atoms with Crippen LogP contribution >= 0.6 is 0 Å². The van der Waals surface area contributed by atoms with Crippen LogP contribution in [0.25, 0.3) is 0 Å². The number of rotatable bonds is 49. The second-order valence-corrected chi connectivity index (χ2v) is 19.1. The molecule has 7 heteroatoms. The maximum atomic E-state index is 6.52. The molecule has 0 radical (unpaired) electrons. The molecule has 0 spiro atoms. The summed E-state index contributed by atoms with van der Waals surface area (Å²) in [6.45, 7) is 13.8. The van der Waals surface area contributed by atoms with Crippen LogP contribution in [0.15, 0.2) is 24.3 Å². The van der Waals surface area contributed by atoms with Crippen LogP contribution in [0, 0.1) is 0 Å². The topological polar surface area (TPSA) is 46.2 Å². The molecule has 0 saturated carbocycles. The van der Waals surface area contributed by atoms with Crippen LogP contribution in [-0.2, 0) is 23.7 Å². The van der Waals surface area contributed by atoms with Crippen molar-refractivity contribution in [2.75, 3.05) is 114 Å². The van der Waals surface area contributed by atoms with Gasteiger partial charge in [-0.3, -0.25) is 0 Å². The number of hydrogen-bond donors (Lipinski definition) is 0. The van der Waals surface area contributed by atoms with Gasteiger partial charge in [0, 0.05) is 13.2 Å². The highest BCUT2D eigenvalue weighted by Gasteiger charge is 2.23. The molecular formula is C52H106N2O5+2. The van der Waals surface area contributed by atoms with Gasteiger partial charge in [-0.2, -0.15) is 0 Å². The molecule has 59 heavy (non-hydrogen) atoms. The molecule has 0 rings (SSSR count). The molecule has 7 nitrogen and oxygen atoms in total. The third kappa shape index (κ3) is 49.7. The molecule has 0 aromatic rings. The molecule has 0 saturated heterocycles. The van der Waals surface area contributed by atoms with Crippen molar-refractivity contribution in [1.82, 2.24) is 0 Å². The van der Waals surface area contributed by atoms with Crippen LogP contribution in [0.1, 0.15) is 194 Å². The van der Waals surface area contributed by atoms with E-state index in [0.717, 1.165) is 61.3 Å².